The quantitative estimate of drug-likeness (QED) is 0.540. The van der Waals surface area contributed by atoms with Gasteiger partial charge in [0.15, 0.2) is 0 Å². The number of imide groups is 1. The molecule has 4 nitrogen and oxygen atoms in total. The summed E-state index contributed by atoms with van der Waals surface area (Å²) in [5.41, 5.74) is 4.01. The first-order valence-electron chi connectivity index (χ1n) is 9.13. The third kappa shape index (κ3) is 2.69. The Balaban J connectivity index is 1.69. The maximum absolute atomic E-state index is 12.6. The van der Waals surface area contributed by atoms with Crippen molar-refractivity contribution in [2.24, 2.45) is 0 Å². The number of H-pyrrole nitrogens is 1. The molecule has 0 aliphatic carbocycles. The fourth-order valence-corrected chi connectivity index (χ4v) is 3.78. The van der Waals surface area contributed by atoms with Gasteiger partial charge in [-0.3, -0.25) is 14.5 Å². The molecule has 0 unspecified atom stereocenters. The first-order chi connectivity index (χ1) is 12.9. The number of aromatic nitrogens is 1. The van der Waals surface area contributed by atoms with Gasteiger partial charge in [0.05, 0.1) is 11.1 Å². The number of benzene rings is 2. The molecule has 1 aliphatic rings. The van der Waals surface area contributed by atoms with Crippen molar-refractivity contribution >= 4 is 22.7 Å². The fourth-order valence-electron chi connectivity index (χ4n) is 3.78. The fraction of sp³-hybridized carbons (Fsp3) is 0.217. The summed E-state index contributed by atoms with van der Waals surface area (Å²) < 4.78 is 0. The Kier molecular flexibility index (Phi) is 3.99. The van der Waals surface area contributed by atoms with E-state index >= 15 is 0 Å². The monoisotopic (exact) mass is 358 g/mol. The number of hydrogen-bond donors (Lipinski definition) is 1. The van der Waals surface area contributed by atoms with Gasteiger partial charge in [-0.15, -0.1) is 6.58 Å². The predicted octanol–water partition coefficient (Wildman–Crippen LogP) is 4.47. The molecule has 0 saturated carbocycles. The average molecular weight is 358 g/mol. The number of carbonyl (C=O) groups excluding carboxylic acids is 2. The first kappa shape index (κ1) is 17.3. The Morgan fingerprint density at radius 1 is 1.00 bits per heavy atom. The van der Waals surface area contributed by atoms with Gasteiger partial charge in [0.1, 0.15) is 0 Å². The Bertz CT molecular complexity index is 1040. The van der Waals surface area contributed by atoms with Gasteiger partial charge in [0.2, 0.25) is 0 Å². The van der Waals surface area contributed by atoms with Crippen LogP contribution < -0.4 is 0 Å². The first-order valence-corrected chi connectivity index (χ1v) is 9.13. The van der Waals surface area contributed by atoms with E-state index in [0.29, 0.717) is 24.1 Å². The molecular formula is C23H22N2O2. The number of hydrogen-bond acceptors (Lipinski definition) is 2. The van der Waals surface area contributed by atoms with Crippen LogP contribution in [0.1, 0.15) is 45.8 Å². The average Bonchev–Trinajstić information content (AvgIpc) is 3.17. The number of aromatic amines is 1. The lowest BCUT2D eigenvalue weighted by Crippen LogP contribution is -2.32. The lowest BCUT2D eigenvalue weighted by atomic mass is 9.86. The smallest absolute Gasteiger partial charge is 0.261 e. The molecule has 1 N–H and O–H groups in total. The second-order valence-electron chi connectivity index (χ2n) is 7.51. The van der Waals surface area contributed by atoms with Crippen LogP contribution >= 0.6 is 0 Å². The van der Waals surface area contributed by atoms with Crippen LogP contribution in [0.5, 0.6) is 0 Å². The highest BCUT2D eigenvalue weighted by Crippen LogP contribution is 2.33. The molecular weight excluding hydrogens is 336 g/mol. The third-order valence-corrected chi connectivity index (χ3v) is 5.43. The Morgan fingerprint density at radius 3 is 2.22 bits per heavy atom. The zero-order valence-electron chi connectivity index (χ0n) is 15.6. The molecule has 4 rings (SSSR count). The summed E-state index contributed by atoms with van der Waals surface area (Å²) in [5.74, 6) is -0.417. The molecule has 3 aromatic rings. The van der Waals surface area contributed by atoms with E-state index in [-0.39, 0.29) is 17.2 Å². The summed E-state index contributed by atoms with van der Waals surface area (Å²) in [6, 6.07) is 15.1. The molecule has 0 saturated heterocycles. The molecule has 0 spiro atoms. The Labute approximate surface area is 158 Å². The number of amides is 2. The van der Waals surface area contributed by atoms with Crippen LogP contribution in [0, 0.1) is 0 Å². The van der Waals surface area contributed by atoms with Gasteiger partial charge < -0.3 is 4.98 Å². The van der Waals surface area contributed by atoms with E-state index in [0.717, 1.165) is 22.2 Å². The van der Waals surface area contributed by atoms with Gasteiger partial charge in [-0.1, -0.05) is 50.3 Å². The second-order valence-corrected chi connectivity index (χ2v) is 7.51. The van der Waals surface area contributed by atoms with Crippen molar-refractivity contribution in [1.29, 1.82) is 0 Å². The van der Waals surface area contributed by atoms with Crippen molar-refractivity contribution in [3.8, 4) is 0 Å². The summed E-state index contributed by atoms with van der Waals surface area (Å²) in [6.45, 7) is 8.54. The van der Waals surface area contributed by atoms with Gasteiger partial charge in [0.25, 0.3) is 11.8 Å². The zero-order chi connectivity index (χ0) is 19.2. The predicted molar refractivity (Wildman–Crippen MR) is 107 cm³/mol. The van der Waals surface area contributed by atoms with Crippen LogP contribution in [0.25, 0.3) is 10.9 Å². The normalized spacial score (nSPS) is 14.1. The van der Waals surface area contributed by atoms with E-state index in [4.69, 9.17) is 0 Å². The lowest BCUT2D eigenvalue weighted by Gasteiger charge is -2.22. The van der Waals surface area contributed by atoms with Crippen molar-refractivity contribution < 1.29 is 9.59 Å². The van der Waals surface area contributed by atoms with E-state index in [1.165, 1.54) is 4.90 Å². The molecule has 2 heterocycles. The van der Waals surface area contributed by atoms with Gasteiger partial charge in [-0.25, -0.2) is 0 Å². The molecule has 0 bridgehead atoms. The Hall–Kier alpha value is -3.14. The van der Waals surface area contributed by atoms with Crippen molar-refractivity contribution in [2.75, 3.05) is 6.54 Å². The van der Waals surface area contributed by atoms with E-state index in [1.807, 2.05) is 24.3 Å². The van der Waals surface area contributed by atoms with E-state index < -0.39 is 0 Å². The Morgan fingerprint density at radius 2 is 1.59 bits per heavy atom. The molecule has 2 aromatic carbocycles. The lowest BCUT2D eigenvalue weighted by molar-refractivity contribution is 0.0656. The summed E-state index contributed by atoms with van der Waals surface area (Å²) in [6.07, 6.45) is 2.52. The van der Waals surface area contributed by atoms with E-state index in [1.54, 1.807) is 24.3 Å². The van der Waals surface area contributed by atoms with Crippen molar-refractivity contribution in [3.05, 3.63) is 83.6 Å². The number of allylic oxidation sites excluding steroid dienone is 1. The molecule has 4 heteroatoms. The molecule has 1 aromatic heterocycles. The summed E-state index contributed by atoms with van der Waals surface area (Å²) in [5, 5.41) is 1.12. The minimum Gasteiger partial charge on any atom is -0.357 e. The van der Waals surface area contributed by atoms with E-state index in [9.17, 15) is 9.59 Å². The highest BCUT2D eigenvalue weighted by molar-refractivity contribution is 6.21. The summed E-state index contributed by atoms with van der Waals surface area (Å²) >= 11 is 0. The molecule has 2 amide bonds. The molecule has 0 radical (unpaired) electrons. The topological polar surface area (TPSA) is 53.2 Å². The number of rotatable bonds is 5. The van der Waals surface area contributed by atoms with Gasteiger partial charge in [0, 0.05) is 28.6 Å². The van der Waals surface area contributed by atoms with Crippen LogP contribution in [-0.2, 0) is 11.8 Å². The number of fused-ring (bicyclic) bond motifs is 2. The number of para-hydroxylation sites is 1. The van der Waals surface area contributed by atoms with Crippen LogP contribution in [-0.4, -0.2) is 28.2 Å². The van der Waals surface area contributed by atoms with Crippen molar-refractivity contribution in [3.63, 3.8) is 0 Å². The van der Waals surface area contributed by atoms with Crippen molar-refractivity contribution in [2.45, 2.75) is 25.7 Å². The number of nitrogens with one attached hydrogen (secondary N) is 1. The highest BCUT2D eigenvalue weighted by Gasteiger charge is 2.35. The SMILES string of the molecule is C=CC(C)(C)c1[nH]c2ccccc2c1CCN1C(=O)c2ccccc2C1=O. The summed E-state index contributed by atoms with van der Waals surface area (Å²) in [4.78, 5) is 30.2. The third-order valence-electron chi connectivity index (χ3n) is 5.43. The highest BCUT2D eigenvalue weighted by atomic mass is 16.2. The molecule has 0 fully saturated rings. The maximum atomic E-state index is 12.6. The molecule has 0 atom stereocenters. The minimum absolute atomic E-state index is 0.208. The van der Waals surface area contributed by atoms with E-state index in [2.05, 4.69) is 31.5 Å². The van der Waals surface area contributed by atoms with Crippen molar-refractivity contribution in [1.82, 2.24) is 9.88 Å². The maximum Gasteiger partial charge on any atom is 0.261 e. The second kappa shape index (κ2) is 6.23. The van der Waals surface area contributed by atoms with Crippen LogP contribution in [0.15, 0.2) is 61.2 Å². The largest absolute Gasteiger partial charge is 0.357 e. The molecule has 27 heavy (non-hydrogen) atoms. The molecule has 136 valence electrons. The van der Waals surface area contributed by atoms with Crippen LogP contribution in [0.3, 0.4) is 0 Å². The van der Waals surface area contributed by atoms with Crippen LogP contribution in [0.2, 0.25) is 0 Å². The van der Waals surface area contributed by atoms with Gasteiger partial charge in [-0.2, -0.15) is 0 Å². The standard InChI is InChI=1S/C23H22N2O2/c1-4-23(2,3)20-16(15-9-7-8-12-19(15)24-20)13-14-25-21(26)17-10-5-6-11-18(17)22(25)27/h4-12,24H,1,13-14H2,2-3H3. The molecule has 1 aliphatic heterocycles. The number of nitrogens with zero attached hydrogens (tertiary/aromatic N) is 1. The summed E-state index contributed by atoms with van der Waals surface area (Å²) in [7, 11) is 0. The van der Waals surface area contributed by atoms with Gasteiger partial charge in [-0.05, 0) is 30.2 Å². The number of carbonyl (C=O) groups is 2. The van der Waals surface area contributed by atoms with Crippen LogP contribution in [0.4, 0.5) is 0 Å². The zero-order valence-corrected chi connectivity index (χ0v) is 15.6. The minimum atomic E-state index is -0.240. The van der Waals surface area contributed by atoms with Gasteiger partial charge >= 0.3 is 0 Å².